The number of carbonyl (C=O) groups excluding carboxylic acids is 2. The zero-order chi connectivity index (χ0) is 13.1. The number of nitrogens with zero attached hydrogens (tertiary/aromatic N) is 1. The lowest BCUT2D eigenvalue weighted by molar-refractivity contribution is 0.167. The summed E-state index contributed by atoms with van der Waals surface area (Å²) in [7, 11) is 0. The standard InChI is InChI=1S/C11H15N3O3S/c1-7-2-5-18-9(7)8(15)6-13-11(17)14-4-3-12-10(14)16/h2,5,8,15H,3-4,6H2,1H3,(H,12,16)(H,13,17)/t8-/m1/s1. The Balaban J connectivity index is 1.86. The van der Waals surface area contributed by atoms with Crippen LogP contribution in [-0.2, 0) is 0 Å². The van der Waals surface area contributed by atoms with Crippen LogP contribution >= 0.6 is 11.3 Å². The maximum Gasteiger partial charge on any atom is 0.325 e. The number of urea groups is 2. The van der Waals surface area contributed by atoms with Crippen molar-refractivity contribution in [1.82, 2.24) is 15.5 Å². The summed E-state index contributed by atoms with van der Waals surface area (Å²) in [5, 5.41) is 16.9. The molecule has 1 aromatic rings. The van der Waals surface area contributed by atoms with E-state index in [1.165, 1.54) is 11.3 Å². The van der Waals surface area contributed by atoms with Crippen LogP contribution in [0.15, 0.2) is 11.4 Å². The van der Waals surface area contributed by atoms with Crippen molar-refractivity contribution in [3.05, 3.63) is 21.9 Å². The Kier molecular flexibility index (Phi) is 3.83. The molecule has 4 amide bonds. The largest absolute Gasteiger partial charge is 0.386 e. The first-order chi connectivity index (χ1) is 8.59. The Morgan fingerprint density at radius 3 is 3.06 bits per heavy atom. The summed E-state index contributed by atoms with van der Waals surface area (Å²) in [5.74, 6) is 0. The van der Waals surface area contributed by atoms with E-state index in [9.17, 15) is 14.7 Å². The molecule has 3 N–H and O–H groups in total. The van der Waals surface area contributed by atoms with Gasteiger partial charge in [0.2, 0.25) is 0 Å². The van der Waals surface area contributed by atoms with E-state index in [2.05, 4.69) is 10.6 Å². The van der Waals surface area contributed by atoms with Gasteiger partial charge in [-0.25, -0.2) is 14.5 Å². The molecule has 0 saturated carbocycles. The average Bonchev–Trinajstić information content (AvgIpc) is 2.94. The van der Waals surface area contributed by atoms with Crippen LogP contribution in [0.25, 0.3) is 0 Å². The summed E-state index contributed by atoms with van der Waals surface area (Å²) in [4.78, 5) is 24.8. The van der Waals surface area contributed by atoms with E-state index in [1.54, 1.807) is 0 Å². The van der Waals surface area contributed by atoms with Gasteiger partial charge in [0.1, 0.15) is 6.10 Å². The second-order valence-electron chi connectivity index (χ2n) is 4.05. The zero-order valence-corrected chi connectivity index (χ0v) is 10.8. The molecular weight excluding hydrogens is 254 g/mol. The van der Waals surface area contributed by atoms with E-state index < -0.39 is 18.2 Å². The number of thiophene rings is 1. The van der Waals surface area contributed by atoms with Gasteiger partial charge in [0, 0.05) is 18.0 Å². The van der Waals surface area contributed by atoms with Gasteiger partial charge in [-0.15, -0.1) is 11.3 Å². The Labute approximate surface area is 109 Å². The van der Waals surface area contributed by atoms with Crippen LogP contribution in [0.1, 0.15) is 16.5 Å². The molecule has 0 spiro atoms. The fraction of sp³-hybridized carbons (Fsp3) is 0.455. The van der Waals surface area contributed by atoms with Gasteiger partial charge in [-0.05, 0) is 23.9 Å². The number of aliphatic hydroxyl groups is 1. The SMILES string of the molecule is Cc1ccsc1[C@H](O)CNC(=O)N1CCNC1=O. The molecule has 1 aliphatic heterocycles. The highest BCUT2D eigenvalue weighted by atomic mass is 32.1. The van der Waals surface area contributed by atoms with Gasteiger partial charge in [0.15, 0.2) is 0 Å². The molecular formula is C11H15N3O3S. The van der Waals surface area contributed by atoms with Crippen molar-refractivity contribution in [1.29, 1.82) is 0 Å². The molecule has 0 aromatic carbocycles. The number of nitrogens with one attached hydrogen (secondary N) is 2. The van der Waals surface area contributed by atoms with Crippen LogP contribution in [0, 0.1) is 6.92 Å². The Bertz CT molecular complexity index is 460. The quantitative estimate of drug-likeness (QED) is 0.760. The van der Waals surface area contributed by atoms with Gasteiger partial charge >= 0.3 is 12.1 Å². The maximum atomic E-state index is 11.7. The van der Waals surface area contributed by atoms with Crippen molar-refractivity contribution in [2.24, 2.45) is 0 Å². The summed E-state index contributed by atoms with van der Waals surface area (Å²) in [6, 6.07) is 1.05. The van der Waals surface area contributed by atoms with Crippen LogP contribution in [0.3, 0.4) is 0 Å². The van der Waals surface area contributed by atoms with E-state index in [4.69, 9.17) is 0 Å². The summed E-state index contributed by atoms with van der Waals surface area (Å²) < 4.78 is 0. The monoisotopic (exact) mass is 269 g/mol. The number of carbonyl (C=O) groups is 2. The van der Waals surface area contributed by atoms with E-state index in [1.807, 2.05) is 18.4 Å². The lowest BCUT2D eigenvalue weighted by atomic mass is 10.2. The first-order valence-corrected chi connectivity index (χ1v) is 6.53. The van der Waals surface area contributed by atoms with Crippen LogP contribution in [-0.4, -0.2) is 41.7 Å². The summed E-state index contributed by atoms with van der Waals surface area (Å²) in [6.45, 7) is 2.84. The normalized spacial score (nSPS) is 16.6. The van der Waals surface area contributed by atoms with Gasteiger partial charge < -0.3 is 15.7 Å². The number of aliphatic hydroxyl groups excluding tert-OH is 1. The fourth-order valence-corrected chi connectivity index (χ4v) is 2.68. The second-order valence-corrected chi connectivity index (χ2v) is 5.00. The van der Waals surface area contributed by atoms with Gasteiger partial charge in [0.05, 0.1) is 6.54 Å². The highest BCUT2D eigenvalue weighted by molar-refractivity contribution is 7.10. The lowest BCUT2D eigenvalue weighted by Gasteiger charge is -2.16. The minimum atomic E-state index is -0.736. The Morgan fingerprint density at radius 2 is 2.50 bits per heavy atom. The molecule has 1 atom stereocenters. The lowest BCUT2D eigenvalue weighted by Crippen LogP contribution is -2.43. The van der Waals surface area contributed by atoms with Crippen molar-refractivity contribution in [3.63, 3.8) is 0 Å². The molecule has 18 heavy (non-hydrogen) atoms. The third kappa shape index (κ3) is 2.62. The second kappa shape index (κ2) is 5.36. The molecule has 0 unspecified atom stereocenters. The molecule has 98 valence electrons. The molecule has 0 radical (unpaired) electrons. The molecule has 2 rings (SSSR count). The molecule has 0 bridgehead atoms. The number of aryl methyl sites for hydroxylation is 1. The topological polar surface area (TPSA) is 81.7 Å². The van der Waals surface area contributed by atoms with Gasteiger partial charge in [-0.3, -0.25) is 0 Å². The van der Waals surface area contributed by atoms with Crippen LogP contribution in [0.4, 0.5) is 9.59 Å². The molecule has 2 heterocycles. The third-order valence-corrected chi connectivity index (χ3v) is 3.87. The molecule has 7 heteroatoms. The first kappa shape index (κ1) is 12.8. The Morgan fingerprint density at radius 1 is 1.72 bits per heavy atom. The Hall–Kier alpha value is -1.60. The number of hydrogen-bond acceptors (Lipinski definition) is 4. The van der Waals surface area contributed by atoms with Gasteiger partial charge in [-0.2, -0.15) is 0 Å². The van der Waals surface area contributed by atoms with Gasteiger partial charge in [0.25, 0.3) is 0 Å². The average molecular weight is 269 g/mol. The fourth-order valence-electron chi connectivity index (χ4n) is 1.76. The molecule has 1 aromatic heterocycles. The van der Waals surface area contributed by atoms with Crippen molar-refractivity contribution in [2.75, 3.05) is 19.6 Å². The smallest absolute Gasteiger partial charge is 0.325 e. The number of imide groups is 1. The van der Waals surface area contributed by atoms with E-state index in [-0.39, 0.29) is 6.54 Å². The van der Waals surface area contributed by atoms with E-state index in [0.29, 0.717) is 13.1 Å². The van der Waals surface area contributed by atoms with Crippen molar-refractivity contribution >= 4 is 23.4 Å². The molecule has 0 aliphatic carbocycles. The maximum absolute atomic E-state index is 11.7. The molecule has 1 fully saturated rings. The summed E-state index contributed by atoms with van der Waals surface area (Å²) in [6.07, 6.45) is -0.736. The number of rotatable bonds is 3. The highest BCUT2D eigenvalue weighted by Gasteiger charge is 2.26. The zero-order valence-electron chi connectivity index (χ0n) is 9.97. The van der Waals surface area contributed by atoms with Crippen LogP contribution < -0.4 is 10.6 Å². The molecule has 6 nitrogen and oxygen atoms in total. The minimum absolute atomic E-state index is 0.101. The number of amides is 4. The van der Waals surface area contributed by atoms with E-state index >= 15 is 0 Å². The van der Waals surface area contributed by atoms with E-state index in [0.717, 1.165) is 15.3 Å². The number of hydrogen-bond donors (Lipinski definition) is 3. The van der Waals surface area contributed by atoms with Gasteiger partial charge in [-0.1, -0.05) is 0 Å². The van der Waals surface area contributed by atoms with Crippen molar-refractivity contribution < 1.29 is 14.7 Å². The van der Waals surface area contributed by atoms with Crippen molar-refractivity contribution in [2.45, 2.75) is 13.0 Å². The predicted octanol–water partition coefficient (Wildman–Crippen LogP) is 0.825. The van der Waals surface area contributed by atoms with Crippen LogP contribution in [0.2, 0.25) is 0 Å². The third-order valence-electron chi connectivity index (χ3n) is 2.75. The van der Waals surface area contributed by atoms with Crippen molar-refractivity contribution in [3.8, 4) is 0 Å². The minimum Gasteiger partial charge on any atom is -0.386 e. The summed E-state index contributed by atoms with van der Waals surface area (Å²) >= 11 is 1.45. The first-order valence-electron chi connectivity index (χ1n) is 5.65. The highest BCUT2D eigenvalue weighted by Crippen LogP contribution is 2.23. The molecule has 1 aliphatic rings. The molecule has 1 saturated heterocycles. The predicted molar refractivity (Wildman–Crippen MR) is 67.5 cm³/mol. The summed E-state index contributed by atoms with van der Waals surface area (Å²) in [5.41, 5.74) is 1.00. The van der Waals surface area contributed by atoms with Crippen LogP contribution in [0.5, 0.6) is 0 Å².